The highest BCUT2D eigenvalue weighted by Gasteiger charge is 2.43. The molecule has 4 rings (SSSR count). The molecule has 1 spiro atoms. The Bertz CT molecular complexity index is 1070. The minimum atomic E-state index is -3.52. The zero-order chi connectivity index (χ0) is 23.9. The maximum Gasteiger partial charge on any atom is 0.307 e. The van der Waals surface area contributed by atoms with Crippen molar-refractivity contribution in [1.29, 1.82) is 0 Å². The number of piperidine rings is 1. The van der Waals surface area contributed by atoms with Crippen molar-refractivity contribution in [3.63, 3.8) is 0 Å². The zero-order valence-corrected chi connectivity index (χ0v) is 20.9. The number of fused-ring (bicyclic) bond motifs is 2. The topological polar surface area (TPSA) is 72.9 Å². The molecule has 0 N–H and O–H groups in total. The second-order valence-corrected chi connectivity index (χ2v) is 12.6. The van der Waals surface area contributed by atoms with Crippen LogP contribution < -0.4 is 4.74 Å². The molecule has 0 amide bonds. The van der Waals surface area contributed by atoms with E-state index in [1.165, 1.54) is 0 Å². The molecule has 33 heavy (non-hydrogen) atoms. The van der Waals surface area contributed by atoms with E-state index in [0.29, 0.717) is 41.5 Å². The highest BCUT2D eigenvalue weighted by Crippen LogP contribution is 2.46. The van der Waals surface area contributed by atoms with Crippen molar-refractivity contribution in [3.8, 4) is 5.75 Å². The average Bonchev–Trinajstić information content (AvgIpc) is 3.10. The molecule has 1 aromatic rings. The molecule has 1 atom stereocenters. The summed E-state index contributed by atoms with van der Waals surface area (Å²) in [5.74, 6) is 0.747. The molecule has 0 saturated carbocycles. The maximum atomic E-state index is 13.2. The Morgan fingerprint density at radius 3 is 2.64 bits per heavy atom. The van der Waals surface area contributed by atoms with E-state index in [1.807, 2.05) is 45.9 Å². The summed E-state index contributed by atoms with van der Waals surface area (Å²) in [7, 11) is -3.52. The summed E-state index contributed by atoms with van der Waals surface area (Å²) in [6, 6.07) is 5.40. The zero-order valence-electron chi connectivity index (χ0n) is 20.1. The van der Waals surface area contributed by atoms with E-state index in [0.717, 1.165) is 31.5 Å². The van der Waals surface area contributed by atoms with Gasteiger partial charge < -0.3 is 14.4 Å². The Morgan fingerprint density at radius 1 is 1.24 bits per heavy atom. The number of ether oxygens (including phenoxy) is 2. The normalized spacial score (nSPS) is 22.5. The summed E-state index contributed by atoms with van der Waals surface area (Å²) in [6.45, 7) is 10.7. The quantitative estimate of drug-likeness (QED) is 0.591. The van der Waals surface area contributed by atoms with E-state index in [-0.39, 0.29) is 17.3 Å². The number of likely N-dealkylation sites (tertiary alicyclic amines) is 1. The molecular formula is C26H35NO5S. The minimum absolute atomic E-state index is 0.0819. The van der Waals surface area contributed by atoms with Crippen LogP contribution in [-0.4, -0.2) is 51.1 Å². The van der Waals surface area contributed by atoms with Crippen molar-refractivity contribution in [2.45, 2.75) is 69.3 Å². The SMILES string of the molecule is CC1C=CC=C(S(=O)(=O)c2ccc3c(c2)OCC32CCN(CCC(=O)OC(C)(C)C)CC2)C1. The van der Waals surface area contributed by atoms with Gasteiger partial charge in [0, 0.05) is 22.4 Å². The highest BCUT2D eigenvalue weighted by atomic mass is 32.2. The van der Waals surface area contributed by atoms with E-state index >= 15 is 0 Å². The standard InChI is InChI=1S/C26H35NO5S/c1-19-6-5-7-20(16-19)33(29,30)21-8-9-22-23(17-21)31-18-26(22)11-14-27(15-12-26)13-10-24(28)32-25(2,3)4/h5-9,17,19H,10-16,18H2,1-4H3. The van der Waals surface area contributed by atoms with Gasteiger partial charge in [-0.3, -0.25) is 4.79 Å². The Morgan fingerprint density at radius 2 is 1.97 bits per heavy atom. The lowest BCUT2D eigenvalue weighted by Crippen LogP contribution is -2.44. The average molecular weight is 474 g/mol. The predicted molar refractivity (Wildman–Crippen MR) is 128 cm³/mol. The van der Waals surface area contributed by atoms with Crippen LogP contribution in [-0.2, 0) is 24.8 Å². The molecule has 1 aromatic carbocycles. The van der Waals surface area contributed by atoms with Crippen LogP contribution >= 0.6 is 0 Å². The number of rotatable bonds is 5. The first kappa shape index (κ1) is 24.0. The van der Waals surface area contributed by atoms with Gasteiger partial charge in [0.05, 0.1) is 17.9 Å². The lowest BCUT2D eigenvalue weighted by atomic mass is 9.74. The van der Waals surface area contributed by atoms with Gasteiger partial charge in [-0.15, -0.1) is 0 Å². The first-order valence-corrected chi connectivity index (χ1v) is 13.3. The van der Waals surface area contributed by atoms with Crippen LogP contribution in [0.3, 0.4) is 0 Å². The summed E-state index contributed by atoms with van der Waals surface area (Å²) in [5, 5.41) is 0. The minimum Gasteiger partial charge on any atom is -0.492 e. The molecule has 6 nitrogen and oxygen atoms in total. The lowest BCUT2D eigenvalue weighted by Gasteiger charge is -2.38. The summed E-state index contributed by atoms with van der Waals surface area (Å²) in [6.07, 6.45) is 8.33. The Kier molecular flexibility index (Phi) is 6.49. The van der Waals surface area contributed by atoms with Gasteiger partial charge in [0.25, 0.3) is 0 Å². The fourth-order valence-electron chi connectivity index (χ4n) is 4.94. The molecule has 3 aliphatic rings. The smallest absolute Gasteiger partial charge is 0.307 e. The molecule has 2 aliphatic heterocycles. The van der Waals surface area contributed by atoms with Crippen molar-refractivity contribution in [3.05, 3.63) is 46.9 Å². The highest BCUT2D eigenvalue weighted by molar-refractivity contribution is 7.95. The van der Waals surface area contributed by atoms with Crippen LogP contribution in [0.25, 0.3) is 0 Å². The Labute approximate surface area is 197 Å². The molecule has 2 heterocycles. The third-order valence-corrected chi connectivity index (χ3v) is 8.66. The molecular weight excluding hydrogens is 438 g/mol. The number of carbonyl (C=O) groups excluding carboxylic acids is 1. The number of allylic oxidation sites excluding steroid dienone is 4. The number of benzene rings is 1. The van der Waals surface area contributed by atoms with E-state index in [4.69, 9.17) is 9.47 Å². The number of sulfone groups is 1. The molecule has 0 bridgehead atoms. The number of carbonyl (C=O) groups is 1. The van der Waals surface area contributed by atoms with Gasteiger partial charge in [-0.2, -0.15) is 0 Å². The molecule has 1 aliphatic carbocycles. The van der Waals surface area contributed by atoms with Gasteiger partial charge in [-0.25, -0.2) is 8.42 Å². The van der Waals surface area contributed by atoms with Crippen molar-refractivity contribution in [2.75, 3.05) is 26.2 Å². The van der Waals surface area contributed by atoms with Gasteiger partial charge in [0.2, 0.25) is 9.84 Å². The first-order valence-electron chi connectivity index (χ1n) is 11.8. The van der Waals surface area contributed by atoms with Crippen molar-refractivity contribution in [2.24, 2.45) is 5.92 Å². The summed E-state index contributed by atoms with van der Waals surface area (Å²) in [5.41, 5.74) is 0.573. The second kappa shape index (κ2) is 8.91. The van der Waals surface area contributed by atoms with Crippen molar-refractivity contribution in [1.82, 2.24) is 4.90 Å². The van der Waals surface area contributed by atoms with Gasteiger partial charge in [0.15, 0.2) is 0 Å². The van der Waals surface area contributed by atoms with Crippen LogP contribution in [0.5, 0.6) is 5.75 Å². The third-order valence-electron chi connectivity index (χ3n) is 6.79. The Balaban J connectivity index is 1.41. The lowest BCUT2D eigenvalue weighted by molar-refractivity contribution is -0.155. The molecule has 0 aromatic heterocycles. The summed E-state index contributed by atoms with van der Waals surface area (Å²) in [4.78, 5) is 15.1. The number of nitrogens with zero attached hydrogens (tertiary/aromatic N) is 1. The predicted octanol–water partition coefficient (Wildman–Crippen LogP) is 4.40. The van der Waals surface area contributed by atoms with E-state index in [1.54, 1.807) is 18.2 Å². The van der Waals surface area contributed by atoms with Crippen LogP contribution in [0.15, 0.2) is 46.2 Å². The maximum absolute atomic E-state index is 13.2. The Hall–Kier alpha value is -2.12. The largest absolute Gasteiger partial charge is 0.492 e. The van der Waals surface area contributed by atoms with Crippen LogP contribution in [0.4, 0.5) is 0 Å². The van der Waals surface area contributed by atoms with Crippen LogP contribution in [0.1, 0.15) is 58.9 Å². The molecule has 180 valence electrons. The van der Waals surface area contributed by atoms with E-state index in [9.17, 15) is 13.2 Å². The fourth-order valence-corrected chi connectivity index (χ4v) is 6.49. The fraction of sp³-hybridized carbons (Fsp3) is 0.577. The third kappa shape index (κ3) is 5.19. The molecule has 1 saturated heterocycles. The first-order chi connectivity index (χ1) is 15.5. The molecule has 0 radical (unpaired) electrons. The monoisotopic (exact) mass is 473 g/mol. The van der Waals surface area contributed by atoms with Gasteiger partial charge >= 0.3 is 5.97 Å². The van der Waals surface area contributed by atoms with Crippen molar-refractivity contribution < 1.29 is 22.7 Å². The summed E-state index contributed by atoms with van der Waals surface area (Å²) < 4.78 is 37.8. The number of hydrogen-bond donors (Lipinski definition) is 0. The van der Waals surface area contributed by atoms with E-state index in [2.05, 4.69) is 4.90 Å². The summed E-state index contributed by atoms with van der Waals surface area (Å²) >= 11 is 0. The van der Waals surface area contributed by atoms with Crippen LogP contribution in [0, 0.1) is 5.92 Å². The van der Waals surface area contributed by atoms with Crippen molar-refractivity contribution >= 4 is 15.8 Å². The van der Waals surface area contributed by atoms with Gasteiger partial charge in [-0.05, 0) is 77.2 Å². The number of hydrogen-bond acceptors (Lipinski definition) is 6. The molecule has 1 fully saturated rings. The van der Waals surface area contributed by atoms with Gasteiger partial charge in [0.1, 0.15) is 11.4 Å². The van der Waals surface area contributed by atoms with Gasteiger partial charge in [-0.1, -0.05) is 25.1 Å². The second-order valence-electron chi connectivity index (χ2n) is 10.6. The number of esters is 1. The molecule has 1 unspecified atom stereocenters. The van der Waals surface area contributed by atoms with E-state index < -0.39 is 15.4 Å². The van der Waals surface area contributed by atoms with Crippen LogP contribution in [0.2, 0.25) is 0 Å². The molecule has 7 heteroatoms.